The van der Waals surface area contributed by atoms with E-state index >= 15 is 0 Å². The normalized spacial score (nSPS) is 13.1. The Balaban J connectivity index is 1.39. The van der Waals surface area contributed by atoms with Crippen molar-refractivity contribution in [3.05, 3.63) is 83.4 Å². The van der Waals surface area contributed by atoms with Crippen LogP contribution in [0.3, 0.4) is 0 Å². The summed E-state index contributed by atoms with van der Waals surface area (Å²) in [7, 11) is 0. The molecule has 4 rings (SSSR count). The van der Waals surface area contributed by atoms with Crippen LogP contribution in [0.4, 0.5) is 0 Å². The van der Waals surface area contributed by atoms with Gasteiger partial charge in [-0.05, 0) is 29.5 Å². The lowest BCUT2D eigenvalue weighted by Gasteiger charge is -2.27. The van der Waals surface area contributed by atoms with Gasteiger partial charge in [-0.3, -0.25) is 19.3 Å². The summed E-state index contributed by atoms with van der Waals surface area (Å²) in [5.41, 5.74) is 2.16. The summed E-state index contributed by atoms with van der Waals surface area (Å²) in [6, 6.07) is 20.7. The number of carbonyl (C=O) groups is 3. The smallest absolute Gasteiger partial charge is 0.261 e. The second-order valence-electron chi connectivity index (χ2n) is 6.81. The standard InChI is InChI=1S/C23H20N2O3/c26-20(13-12-16-6-2-1-3-7-16)24-14-15-25-22(27)18-10-4-8-17-9-5-11-19(21(17)18)23(25)28/h1-11H,12-15H2,(H,24,26). The van der Waals surface area contributed by atoms with E-state index in [-0.39, 0.29) is 30.8 Å². The molecule has 3 amide bonds. The van der Waals surface area contributed by atoms with Crippen molar-refractivity contribution in [2.45, 2.75) is 12.8 Å². The number of nitrogens with zero attached hydrogens (tertiary/aromatic N) is 1. The molecule has 0 fully saturated rings. The maximum atomic E-state index is 12.8. The molecule has 0 aliphatic carbocycles. The van der Waals surface area contributed by atoms with E-state index in [4.69, 9.17) is 0 Å². The Labute approximate surface area is 163 Å². The number of rotatable bonds is 6. The minimum absolute atomic E-state index is 0.0942. The van der Waals surface area contributed by atoms with Crippen molar-refractivity contribution in [1.82, 2.24) is 10.2 Å². The van der Waals surface area contributed by atoms with E-state index < -0.39 is 0 Å². The number of hydrogen-bond acceptors (Lipinski definition) is 3. The van der Waals surface area contributed by atoms with Crippen LogP contribution >= 0.6 is 0 Å². The van der Waals surface area contributed by atoms with E-state index in [0.717, 1.165) is 10.9 Å². The number of benzene rings is 3. The van der Waals surface area contributed by atoms with Gasteiger partial charge in [-0.1, -0.05) is 54.6 Å². The zero-order chi connectivity index (χ0) is 19.5. The Morgan fingerprint density at radius 1 is 0.821 bits per heavy atom. The number of aryl methyl sites for hydroxylation is 1. The molecular weight excluding hydrogens is 352 g/mol. The molecule has 140 valence electrons. The van der Waals surface area contributed by atoms with Crippen LogP contribution in [0.2, 0.25) is 0 Å². The molecule has 1 aliphatic heterocycles. The summed E-state index contributed by atoms with van der Waals surface area (Å²) in [6.07, 6.45) is 1.03. The molecule has 3 aromatic carbocycles. The van der Waals surface area contributed by atoms with Gasteiger partial charge in [-0.25, -0.2) is 0 Å². The SMILES string of the molecule is O=C(CCc1ccccc1)NCCN1C(=O)c2cccc3cccc(c23)C1=O. The Morgan fingerprint density at radius 3 is 2.11 bits per heavy atom. The van der Waals surface area contributed by atoms with Crippen LogP contribution in [-0.4, -0.2) is 35.7 Å². The molecule has 0 saturated carbocycles. The Hall–Kier alpha value is -3.47. The van der Waals surface area contributed by atoms with Crippen LogP contribution < -0.4 is 5.32 Å². The highest BCUT2D eigenvalue weighted by atomic mass is 16.2. The van der Waals surface area contributed by atoms with Crippen LogP contribution in [0.15, 0.2) is 66.7 Å². The molecule has 1 heterocycles. The van der Waals surface area contributed by atoms with E-state index in [1.54, 1.807) is 12.1 Å². The minimum atomic E-state index is -0.312. The van der Waals surface area contributed by atoms with E-state index in [9.17, 15) is 14.4 Å². The molecule has 0 bridgehead atoms. The van der Waals surface area contributed by atoms with Crippen molar-refractivity contribution in [2.75, 3.05) is 13.1 Å². The molecule has 0 atom stereocenters. The van der Waals surface area contributed by atoms with Gasteiger partial charge in [0.1, 0.15) is 0 Å². The predicted octanol–water partition coefficient (Wildman–Crippen LogP) is 3.18. The zero-order valence-electron chi connectivity index (χ0n) is 15.4. The van der Waals surface area contributed by atoms with Gasteiger partial charge in [0.2, 0.25) is 5.91 Å². The van der Waals surface area contributed by atoms with Crippen molar-refractivity contribution in [3.8, 4) is 0 Å². The highest BCUT2D eigenvalue weighted by Gasteiger charge is 2.32. The van der Waals surface area contributed by atoms with Crippen LogP contribution in [0.5, 0.6) is 0 Å². The van der Waals surface area contributed by atoms with E-state index in [2.05, 4.69) is 5.32 Å². The fourth-order valence-corrected chi connectivity index (χ4v) is 3.58. The molecule has 28 heavy (non-hydrogen) atoms. The van der Waals surface area contributed by atoms with Crippen molar-refractivity contribution in [1.29, 1.82) is 0 Å². The summed E-state index contributed by atoms with van der Waals surface area (Å²) in [6.45, 7) is 0.392. The van der Waals surface area contributed by atoms with Crippen molar-refractivity contribution in [2.24, 2.45) is 0 Å². The van der Waals surface area contributed by atoms with Crippen LogP contribution in [0.25, 0.3) is 10.8 Å². The summed E-state index contributed by atoms with van der Waals surface area (Å²) in [4.78, 5) is 38.9. The Morgan fingerprint density at radius 2 is 1.46 bits per heavy atom. The summed E-state index contributed by atoms with van der Waals surface area (Å²) >= 11 is 0. The maximum absolute atomic E-state index is 12.8. The van der Waals surface area contributed by atoms with E-state index in [1.807, 2.05) is 54.6 Å². The second kappa shape index (κ2) is 7.64. The average molecular weight is 372 g/mol. The number of carbonyl (C=O) groups excluding carboxylic acids is 3. The van der Waals surface area contributed by atoms with Crippen LogP contribution in [0.1, 0.15) is 32.7 Å². The average Bonchev–Trinajstić information content (AvgIpc) is 2.73. The fourth-order valence-electron chi connectivity index (χ4n) is 3.58. The second-order valence-corrected chi connectivity index (χ2v) is 6.81. The van der Waals surface area contributed by atoms with Gasteiger partial charge < -0.3 is 5.32 Å². The molecule has 1 aliphatic rings. The van der Waals surface area contributed by atoms with Gasteiger partial charge in [0.25, 0.3) is 11.8 Å². The van der Waals surface area contributed by atoms with Gasteiger partial charge in [0.05, 0.1) is 0 Å². The number of amides is 3. The van der Waals surface area contributed by atoms with Gasteiger partial charge in [0.15, 0.2) is 0 Å². The maximum Gasteiger partial charge on any atom is 0.261 e. The lowest BCUT2D eigenvalue weighted by atomic mass is 9.94. The fraction of sp³-hybridized carbons (Fsp3) is 0.174. The number of imide groups is 1. The minimum Gasteiger partial charge on any atom is -0.354 e. The van der Waals surface area contributed by atoms with Crippen molar-refractivity contribution in [3.63, 3.8) is 0 Å². The Bertz CT molecular complexity index is 1010. The largest absolute Gasteiger partial charge is 0.354 e. The molecule has 0 radical (unpaired) electrons. The van der Waals surface area contributed by atoms with Crippen LogP contribution in [0, 0.1) is 0 Å². The topological polar surface area (TPSA) is 66.5 Å². The first-order valence-corrected chi connectivity index (χ1v) is 9.34. The number of hydrogen-bond donors (Lipinski definition) is 1. The van der Waals surface area contributed by atoms with Gasteiger partial charge in [-0.15, -0.1) is 0 Å². The first-order chi connectivity index (χ1) is 13.6. The zero-order valence-corrected chi connectivity index (χ0v) is 15.4. The molecule has 5 heteroatoms. The predicted molar refractivity (Wildman–Crippen MR) is 107 cm³/mol. The van der Waals surface area contributed by atoms with Gasteiger partial charge >= 0.3 is 0 Å². The first-order valence-electron chi connectivity index (χ1n) is 9.34. The quantitative estimate of drug-likeness (QED) is 0.676. The monoisotopic (exact) mass is 372 g/mol. The third-order valence-electron chi connectivity index (χ3n) is 5.00. The molecule has 0 unspecified atom stereocenters. The third kappa shape index (κ3) is 3.39. The van der Waals surface area contributed by atoms with Crippen molar-refractivity contribution >= 4 is 28.5 Å². The number of nitrogens with one attached hydrogen (secondary N) is 1. The molecular formula is C23H20N2O3. The molecule has 0 saturated heterocycles. The Kier molecular flexibility index (Phi) is 4.89. The van der Waals surface area contributed by atoms with Crippen molar-refractivity contribution < 1.29 is 14.4 Å². The van der Waals surface area contributed by atoms with Crippen LogP contribution in [-0.2, 0) is 11.2 Å². The summed E-state index contributed by atoms with van der Waals surface area (Å²) in [5, 5.41) is 4.40. The molecule has 1 N–H and O–H groups in total. The lowest BCUT2D eigenvalue weighted by Crippen LogP contribution is -2.44. The highest BCUT2D eigenvalue weighted by Crippen LogP contribution is 2.29. The van der Waals surface area contributed by atoms with Gasteiger partial charge in [-0.2, -0.15) is 0 Å². The van der Waals surface area contributed by atoms with E-state index in [0.29, 0.717) is 29.4 Å². The lowest BCUT2D eigenvalue weighted by molar-refractivity contribution is -0.121. The van der Waals surface area contributed by atoms with Gasteiger partial charge in [0, 0.05) is 36.0 Å². The molecule has 5 nitrogen and oxygen atoms in total. The van der Waals surface area contributed by atoms with E-state index in [1.165, 1.54) is 4.90 Å². The summed E-state index contributed by atoms with van der Waals surface area (Å²) in [5.74, 6) is -0.719. The first kappa shape index (κ1) is 17.9. The molecule has 0 aromatic heterocycles. The third-order valence-corrected chi connectivity index (χ3v) is 5.00. The summed E-state index contributed by atoms with van der Waals surface area (Å²) < 4.78 is 0. The molecule has 0 spiro atoms. The highest BCUT2D eigenvalue weighted by molar-refractivity contribution is 6.25. The molecule has 3 aromatic rings.